The molecular weight excluding hydrogens is 297 g/mol. The van der Waals surface area contributed by atoms with Gasteiger partial charge in [0.2, 0.25) is 0 Å². The lowest BCUT2D eigenvalue weighted by Crippen LogP contribution is -2.44. The molecule has 21 heavy (non-hydrogen) atoms. The molecule has 0 amide bonds. The predicted molar refractivity (Wildman–Crippen MR) is 79.4 cm³/mol. The number of morpholine rings is 1. The van der Waals surface area contributed by atoms with Gasteiger partial charge in [0.05, 0.1) is 44.4 Å². The third-order valence-electron chi connectivity index (χ3n) is 3.56. The van der Waals surface area contributed by atoms with E-state index < -0.39 is 5.82 Å². The highest BCUT2D eigenvalue weighted by Gasteiger charge is 2.20. The highest BCUT2D eigenvalue weighted by atomic mass is 35.5. The Labute approximate surface area is 127 Å². The third-order valence-corrected chi connectivity index (χ3v) is 3.75. The molecule has 1 aliphatic heterocycles. The number of halogens is 2. The maximum atomic E-state index is 13.9. The molecule has 0 radical (unpaired) electrons. The van der Waals surface area contributed by atoms with Crippen LogP contribution in [0.2, 0.25) is 0 Å². The molecule has 0 bridgehead atoms. The Morgan fingerprint density at radius 1 is 1.38 bits per heavy atom. The van der Waals surface area contributed by atoms with Crippen molar-refractivity contribution in [1.29, 1.82) is 0 Å². The molecule has 2 aromatic rings. The first kappa shape index (κ1) is 14.4. The Morgan fingerprint density at radius 3 is 2.81 bits per heavy atom. The number of nitrogens with zero attached hydrogens (tertiary/aromatic N) is 3. The molecule has 114 valence electrons. The topological polar surface area (TPSA) is 39.5 Å². The van der Waals surface area contributed by atoms with E-state index in [-0.39, 0.29) is 5.75 Å². The fourth-order valence-electron chi connectivity index (χ4n) is 2.59. The number of rotatable bonds is 4. The molecule has 1 aliphatic rings. The van der Waals surface area contributed by atoms with Crippen LogP contribution in [0.5, 0.6) is 5.75 Å². The molecule has 1 saturated heterocycles. The number of hydrogen-bond donors (Lipinski definition) is 0. The van der Waals surface area contributed by atoms with Gasteiger partial charge in [0.25, 0.3) is 0 Å². The minimum Gasteiger partial charge on any atom is -0.494 e. The molecule has 3 rings (SSSR count). The minimum absolute atomic E-state index is 0.217. The monoisotopic (exact) mass is 313 g/mol. The van der Waals surface area contributed by atoms with E-state index in [1.165, 1.54) is 13.2 Å². The first-order chi connectivity index (χ1) is 10.2. The van der Waals surface area contributed by atoms with Crippen molar-refractivity contribution in [3.8, 4) is 5.75 Å². The van der Waals surface area contributed by atoms with Crippen molar-refractivity contribution in [2.24, 2.45) is 0 Å². The Morgan fingerprint density at radius 2 is 2.14 bits per heavy atom. The summed E-state index contributed by atoms with van der Waals surface area (Å²) in [5.41, 5.74) is 1.44. The largest absolute Gasteiger partial charge is 0.494 e. The van der Waals surface area contributed by atoms with E-state index >= 15 is 0 Å². The van der Waals surface area contributed by atoms with Crippen LogP contribution in [-0.4, -0.2) is 49.0 Å². The van der Waals surface area contributed by atoms with Crippen molar-refractivity contribution in [3.05, 3.63) is 23.8 Å². The first-order valence-electron chi connectivity index (χ1n) is 6.88. The Kier molecular flexibility index (Phi) is 4.17. The normalized spacial score (nSPS) is 15.7. The molecule has 2 heterocycles. The van der Waals surface area contributed by atoms with Gasteiger partial charge in [-0.3, -0.25) is 0 Å². The minimum atomic E-state index is -0.408. The molecular formula is C14H17ClFN3O2. The summed E-state index contributed by atoms with van der Waals surface area (Å²) in [5, 5.41) is 2.15. The van der Waals surface area contributed by atoms with E-state index in [1.54, 1.807) is 6.07 Å². The maximum absolute atomic E-state index is 13.9. The summed E-state index contributed by atoms with van der Waals surface area (Å²) in [6.07, 6.45) is 0.623. The van der Waals surface area contributed by atoms with Crippen molar-refractivity contribution in [2.75, 3.05) is 44.3 Å². The fourth-order valence-corrected chi connectivity index (χ4v) is 2.76. The number of aryl methyl sites for hydroxylation is 1. The van der Waals surface area contributed by atoms with E-state index in [1.807, 2.05) is 4.68 Å². The molecule has 1 aromatic heterocycles. The summed E-state index contributed by atoms with van der Waals surface area (Å²) >= 11 is 5.87. The van der Waals surface area contributed by atoms with Gasteiger partial charge in [-0.25, -0.2) is 14.1 Å². The number of ether oxygens (including phenoxy) is 2. The predicted octanol–water partition coefficient (Wildman–Crippen LogP) is 1.93. The second-order valence-electron chi connectivity index (χ2n) is 4.82. The van der Waals surface area contributed by atoms with Gasteiger partial charge in [-0.05, 0) is 0 Å². The number of fused-ring (bicyclic) bond motifs is 1. The van der Waals surface area contributed by atoms with Crippen molar-refractivity contribution in [3.63, 3.8) is 0 Å². The lowest BCUT2D eigenvalue weighted by atomic mass is 10.3. The standard InChI is InChI=1S/C14H17ClFN3O2/c1-20-13-9-12-11(8-10(13)16)17-14(2-3-15)19(12)18-4-6-21-7-5-18/h8-9H,2-7H2,1H3. The quantitative estimate of drug-likeness (QED) is 0.809. The Hall–Kier alpha value is -1.53. The fraction of sp³-hybridized carbons (Fsp3) is 0.500. The molecule has 5 nitrogen and oxygen atoms in total. The summed E-state index contributed by atoms with van der Waals surface area (Å²) in [4.78, 5) is 4.51. The number of hydrogen-bond acceptors (Lipinski definition) is 4. The van der Waals surface area contributed by atoms with Crippen LogP contribution in [0.3, 0.4) is 0 Å². The molecule has 0 atom stereocenters. The lowest BCUT2D eigenvalue weighted by molar-refractivity contribution is 0.111. The van der Waals surface area contributed by atoms with Gasteiger partial charge in [-0.15, -0.1) is 11.6 Å². The number of benzene rings is 1. The smallest absolute Gasteiger partial charge is 0.167 e. The molecule has 0 saturated carbocycles. The van der Waals surface area contributed by atoms with Crippen LogP contribution < -0.4 is 9.75 Å². The zero-order valence-electron chi connectivity index (χ0n) is 11.8. The van der Waals surface area contributed by atoms with E-state index in [9.17, 15) is 4.39 Å². The third kappa shape index (κ3) is 2.65. The molecule has 7 heteroatoms. The van der Waals surface area contributed by atoms with Gasteiger partial charge in [0, 0.05) is 24.4 Å². The van der Waals surface area contributed by atoms with Gasteiger partial charge >= 0.3 is 0 Å². The number of aromatic nitrogens is 2. The maximum Gasteiger partial charge on any atom is 0.167 e. The Bertz CT molecular complexity index is 641. The summed E-state index contributed by atoms with van der Waals surface area (Å²) in [6.45, 7) is 2.86. The molecule has 0 aliphatic carbocycles. The van der Waals surface area contributed by atoms with Crippen LogP contribution in [-0.2, 0) is 11.2 Å². The van der Waals surface area contributed by atoms with Crippen LogP contribution in [0.25, 0.3) is 11.0 Å². The molecule has 1 fully saturated rings. The number of imidazole rings is 1. The molecule has 0 unspecified atom stereocenters. The molecule has 0 spiro atoms. The van der Waals surface area contributed by atoms with Crippen LogP contribution in [0.15, 0.2) is 12.1 Å². The van der Waals surface area contributed by atoms with Gasteiger partial charge < -0.3 is 14.5 Å². The molecule has 1 aromatic carbocycles. The average molecular weight is 314 g/mol. The average Bonchev–Trinajstić information content (AvgIpc) is 2.84. The number of alkyl halides is 1. The van der Waals surface area contributed by atoms with Gasteiger partial charge in [-0.1, -0.05) is 0 Å². The van der Waals surface area contributed by atoms with Crippen LogP contribution in [0.4, 0.5) is 4.39 Å². The van der Waals surface area contributed by atoms with Crippen LogP contribution >= 0.6 is 11.6 Å². The highest BCUT2D eigenvalue weighted by Crippen LogP contribution is 2.26. The zero-order valence-corrected chi connectivity index (χ0v) is 12.6. The second-order valence-corrected chi connectivity index (χ2v) is 5.20. The van der Waals surface area contributed by atoms with Crippen LogP contribution in [0, 0.1) is 5.82 Å². The number of methoxy groups -OCH3 is 1. The zero-order chi connectivity index (χ0) is 14.8. The summed E-state index contributed by atoms with van der Waals surface area (Å²) in [6, 6.07) is 3.09. The van der Waals surface area contributed by atoms with E-state index in [2.05, 4.69) is 9.99 Å². The lowest BCUT2D eigenvalue weighted by Gasteiger charge is -2.31. The Balaban J connectivity index is 2.14. The SMILES string of the molecule is COc1cc2c(cc1F)nc(CCCl)n2N1CCOCC1. The second kappa shape index (κ2) is 6.07. The highest BCUT2D eigenvalue weighted by molar-refractivity contribution is 6.17. The van der Waals surface area contributed by atoms with Gasteiger partial charge in [0.15, 0.2) is 11.6 Å². The first-order valence-corrected chi connectivity index (χ1v) is 7.42. The summed E-state index contributed by atoms with van der Waals surface area (Å²) in [5.74, 6) is 1.10. The van der Waals surface area contributed by atoms with Crippen molar-refractivity contribution < 1.29 is 13.9 Å². The summed E-state index contributed by atoms with van der Waals surface area (Å²) in [7, 11) is 1.46. The van der Waals surface area contributed by atoms with Gasteiger partial charge in [-0.2, -0.15) is 0 Å². The summed E-state index contributed by atoms with van der Waals surface area (Å²) < 4.78 is 26.3. The van der Waals surface area contributed by atoms with E-state index in [4.69, 9.17) is 21.1 Å². The van der Waals surface area contributed by atoms with Gasteiger partial charge in [0.1, 0.15) is 5.82 Å². The van der Waals surface area contributed by atoms with E-state index in [0.29, 0.717) is 31.0 Å². The van der Waals surface area contributed by atoms with Crippen LogP contribution in [0.1, 0.15) is 5.82 Å². The molecule has 0 N–H and O–H groups in total. The van der Waals surface area contributed by atoms with Crippen molar-refractivity contribution in [1.82, 2.24) is 9.66 Å². The van der Waals surface area contributed by atoms with Crippen molar-refractivity contribution in [2.45, 2.75) is 6.42 Å². The van der Waals surface area contributed by atoms with Crippen molar-refractivity contribution >= 4 is 22.6 Å². The van der Waals surface area contributed by atoms with E-state index in [0.717, 1.165) is 24.4 Å².